The molecule has 0 spiro atoms. The maximum absolute atomic E-state index is 12.0. The summed E-state index contributed by atoms with van der Waals surface area (Å²) in [5.74, 6) is 0. The number of amides is 2. The Morgan fingerprint density at radius 2 is 2.13 bits per heavy atom. The molecule has 1 unspecified atom stereocenters. The quantitative estimate of drug-likeness (QED) is 0.806. The third-order valence-corrected chi connectivity index (χ3v) is 4.02. The lowest BCUT2D eigenvalue weighted by molar-refractivity contribution is 0.175. The van der Waals surface area contributed by atoms with Crippen LogP contribution in [0, 0.1) is 0 Å². The Morgan fingerprint density at radius 1 is 1.35 bits per heavy atom. The van der Waals surface area contributed by atoms with Crippen LogP contribution >= 0.6 is 0 Å². The Labute approximate surface area is 135 Å². The van der Waals surface area contributed by atoms with E-state index in [1.165, 1.54) is 5.56 Å². The van der Waals surface area contributed by atoms with E-state index in [1.807, 2.05) is 25.2 Å². The van der Waals surface area contributed by atoms with Crippen LogP contribution in [0.15, 0.2) is 42.7 Å². The van der Waals surface area contributed by atoms with Gasteiger partial charge < -0.3 is 20.6 Å². The van der Waals surface area contributed by atoms with E-state index in [0.29, 0.717) is 0 Å². The van der Waals surface area contributed by atoms with Gasteiger partial charge >= 0.3 is 6.03 Å². The van der Waals surface area contributed by atoms with Crippen molar-refractivity contribution in [1.82, 2.24) is 10.3 Å². The second kappa shape index (κ2) is 6.66. The summed E-state index contributed by atoms with van der Waals surface area (Å²) >= 11 is 0. The molecule has 0 aliphatic carbocycles. The number of anilines is 2. The first kappa shape index (κ1) is 15.3. The van der Waals surface area contributed by atoms with Gasteiger partial charge in [0.1, 0.15) is 0 Å². The number of rotatable bonds is 4. The van der Waals surface area contributed by atoms with E-state index in [4.69, 9.17) is 0 Å². The molecule has 2 heterocycles. The van der Waals surface area contributed by atoms with Gasteiger partial charge in [0.15, 0.2) is 0 Å². The molecule has 6 heteroatoms. The molecule has 3 N–H and O–H groups in total. The minimum absolute atomic E-state index is 0.140. The summed E-state index contributed by atoms with van der Waals surface area (Å²) in [5, 5.41) is 15.5. The van der Waals surface area contributed by atoms with Crippen LogP contribution in [0.4, 0.5) is 16.2 Å². The van der Waals surface area contributed by atoms with Crippen LogP contribution in [-0.2, 0) is 6.42 Å². The Bertz CT molecular complexity index is 690. The highest BCUT2D eigenvalue weighted by Crippen LogP contribution is 2.29. The molecule has 6 nitrogen and oxygen atoms in total. The van der Waals surface area contributed by atoms with E-state index in [0.717, 1.165) is 29.9 Å². The summed E-state index contributed by atoms with van der Waals surface area (Å²) < 4.78 is 0. The summed E-state index contributed by atoms with van der Waals surface area (Å²) in [6, 6.07) is 9.03. The zero-order valence-corrected chi connectivity index (χ0v) is 13.0. The second-order valence-corrected chi connectivity index (χ2v) is 5.65. The Balaban J connectivity index is 1.55. The molecule has 23 heavy (non-hydrogen) atoms. The fourth-order valence-corrected chi connectivity index (χ4v) is 2.69. The van der Waals surface area contributed by atoms with Gasteiger partial charge in [-0.3, -0.25) is 4.98 Å². The molecular weight excluding hydrogens is 292 g/mol. The highest BCUT2D eigenvalue weighted by atomic mass is 16.3. The minimum atomic E-state index is -0.755. The second-order valence-electron chi connectivity index (χ2n) is 5.65. The molecule has 0 fully saturated rings. The summed E-state index contributed by atoms with van der Waals surface area (Å²) in [6.45, 7) is 1.14. The number of carbonyl (C=O) groups excluding carboxylic acids is 1. The van der Waals surface area contributed by atoms with E-state index in [-0.39, 0.29) is 12.6 Å². The predicted molar refractivity (Wildman–Crippen MR) is 89.6 cm³/mol. The number of carbonyl (C=O) groups is 1. The van der Waals surface area contributed by atoms with Crippen molar-refractivity contribution < 1.29 is 9.90 Å². The Morgan fingerprint density at radius 3 is 2.91 bits per heavy atom. The third-order valence-electron chi connectivity index (χ3n) is 4.02. The monoisotopic (exact) mass is 312 g/mol. The van der Waals surface area contributed by atoms with Gasteiger partial charge in [-0.2, -0.15) is 0 Å². The summed E-state index contributed by atoms with van der Waals surface area (Å²) in [6.07, 6.45) is 3.50. The molecular formula is C17H20N4O2. The van der Waals surface area contributed by atoms with Gasteiger partial charge in [0.2, 0.25) is 0 Å². The number of aliphatic hydroxyl groups is 1. The lowest BCUT2D eigenvalue weighted by Crippen LogP contribution is -2.32. The first-order valence-corrected chi connectivity index (χ1v) is 7.60. The minimum Gasteiger partial charge on any atom is -0.387 e. The van der Waals surface area contributed by atoms with Crippen LogP contribution in [-0.4, -0.2) is 36.3 Å². The zero-order valence-electron chi connectivity index (χ0n) is 13.0. The van der Waals surface area contributed by atoms with Crippen molar-refractivity contribution in [2.45, 2.75) is 12.5 Å². The number of fused-ring (bicyclic) bond motifs is 1. The van der Waals surface area contributed by atoms with Gasteiger partial charge in [0.05, 0.1) is 6.10 Å². The third kappa shape index (κ3) is 3.60. The first-order valence-electron chi connectivity index (χ1n) is 7.60. The fourth-order valence-electron chi connectivity index (χ4n) is 2.69. The maximum Gasteiger partial charge on any atom is 0.319 e. The standard InChI is InChI=1S/C17H20N4O2/c1-21-9-6-12-2-3-14(10-15(12)21)20-17(23)19-11-16(22)13-4-7-18-8-5-13/h2-5,7-8,10,16,22H,6,9,11H2,1H3,(H2,19,20,23). The number of pyridine rings is 1. The number of hydrogen-bond donors (Lipinski definition) is 3. The number of nitrogens with one attached hydrogen (secondary N) is 2. The topological polar surface area (TPSA) is 77.5 Å². The number of urea groups is 1. The molecule has 3 rings (SSSR count). The average Bonchev–Trinajstić information content (AvgIpc) is 2.94. The molecule has 120 valence electrons. The van der Waals surface area contributed by atoms with Crippen molar-refractivity contribution in [3.8, 4) is 0 Å². The normalized spacial score (nSPS) is 14.3. The molecule has 1 aromatic carbocycles. The summed E-state index contributed by atoms with van der Waals surface area (Å²) in [4.78, 5) is 18.0. The molecule has 2 amide bonds. The number of hydrogen-bond acceptors (Lipinski definition) is 4. The van der Waals surface area contributed by atoms with Gasteiger partial charge in [0, 0.05) is 43.9 Å². The number of nitrogens with zero attached hydrogens (tertiary/aromatic N) is 2. The summed E-state index contributed by atoms with van der Waals surface area (Å²) in [5.41, 5.74) is 3.92. The molecule has 1 aliphatic rings. The van der Waals surface area contributed by atoms with Crippen molar-refractivity contribution in [3.63, 3.8) is 0 Å². The van der Waals surface area contributed by atoms with Gasteiger partial charge in [-0.1, -0.05) is 6.07 Å². The van der Waals surface area contributed by atoms with Gasteiger partial charge in [-0.25, -0.2) is 4.79 Å². The van der Waals surface area contributed by atoms with Crippen LogP contribution in [0.5, 0.6) is 0 Å². The number of likely N-dealkylation sites (N-methyl/N-ethyl adjacent to an activating group) is 1. The van der Waals surface area contributed by atoms with E-state index >= 15 is 0 Å². The molecule has 0 radical (unpaired) electrons. The molecule has 1 aromatic heterocycles. The predicted octanol–water partition coefficient (Wildman–Crippen LogP) is 1.93. The first-order chi connectivity index (χ1) is 11.1. The molecule has 1 atom stereocenters. The van der Waals surface area contributed by atoms with Crippen LogP contribution < -0.4 is 15.5 Å². The van der Waals surface area contributed by atoms with Crippen molar-refractivity contribution in [2.24, 2.45) is 0 Å². The number of aromatic nitrogens is 1. The van der Waals surface area contributed by atoms with E-state index in [2.05, 4.69) is 20.5 Å². The SMILES string of the molecule is CN1CCc2ccc(NC(=O)NCC(O)c3ccncc3)cc21. The lowest BCUT2D eigenvalue weighted by Gasteiger charge is -2.15. The Kier molecular flexibility index (Phi) is 4.43. The van der Waals surface area contributed by atoms with Crippen molar-refractivity contribution in [1.29, 1.82) is 0 Å². The molecule has 0 bridgehead atoms. The van der Waals surface area contributed by atoms with Crippen molar-refractivity contribution in [3.05, 3.63) is 53.9 Å². The van der Waals surface area contributed by atoms with Gasteiger partial charge in [-0.05, 0) is 41.8 Å². The molecule has 0 saturated heterocycles. The largest absolute Gasteiger partial charge is 0.387 e. The van der Waals surface area contributed by atoms with Crippen LogP contribution in [0.2, 0.25) is 0 Å². The number of benzene rings is 1. The lowest BCUT2D eigenvalue weighted by atomic mass is 10.1. The fraction of sp³-hybridized carbons (Fsp3) is 0.294. The van der Waals surface area contributed by atoms with Crippen LogP contribution in [0.3, 0.4) is 0 Å². The highest BCUT2D eigenvalue weighted by Gasteiger charge is 2.16. The number of aliphatic hydroxyl groups excluding tert-OH is 1. The van der Waals surface area contributed by atoms with E-state index in [9.17, 15) is 9.90 Å². The molecule has 2 aromatic rings. The zero-order chi connectivity index (χ0) is 16.2. The van der Waals surface area contributed by atoms with Gasteiger partial charge in [-0.15, -0.1) is 0 Å². The molecule has 1 aliphatic heterocycles. The van der Waals surface area contributed by atoms with Crippen molar-refractivity contribution >= 4 is 17.4 Å². The maximum atomic E-state index is 12.0. The van der Waals surface area contributed by atoms with Crippen LogP contribution in [0.1, 0.15) is 17.2 Å². The van der Waals surface area contributed by atoms with Crippen molar-refractivity contribution in [2.75, 3.05) is 30.4 Å². The van der Waals surface area contributed by atoms with E-state index in [1.54, 1.807) is 24.5 Å². The van der Waals surface area contributed by atoms with E-state index < -0.39 is 6.10 Å². The van der Waals surface area contributed by atoms with Gasteiger partial charge in [0.25, 0.3) is 0 Å². The van der Waals surface area contributed by atoms with Crippen LogP contribution in [0.25, 0.3) is 0 Å². The Hall–Kier alpha value is -2.60. The average molecular weight is 312 g/mol. The summed E-state index contributed by atoms with van der Waals surface area (Å²) in [7, 11) is 2.04. The molecule has 0 saturated carbocycles. The smallest absolute Gasteiger partial charge is 0.319 e. The highest BCUT2D eigenvalue weighted by molar-refractivity contribution is 5.90.